The molecule has 1 aliphatic rings. The van der Waals surface area contributed by atoms with Crippen molar-refractivity contribution in [1.82, 2.24) is 4.98 Å². The van der Waals surface area contributed by atoms with Gasteiger partial charge in [-0.2, -0.15) is 0 Å². The Morgan fingerprint density at radius 3 is 2.30 bits per heavy atom. The monoisotopic (exact) mass is 270 g/mol. The predicted octanol–water partition coefficient (Wildman–Crippen LogP) is 2.12. The molecule has 1 saturated heterocycles. The summed E-state index contributed by atoms with van der Waals surface area (Å²) >= 11 is 0. The van der Waals surface area contributed by atoms with Crippen LogP contribution in [0.1, 0.15) is 27.7 Å². The van der Waals surface area contributed by atoms with Crippen molar-refractivity contribution in [2.75, 3.05) is 5.73 Å². The molecule has 1 fully saturated rings. The van der Waals surface area contributed by atoms with Gasteiger partial charge in [0.25, 0.3) is 0 Å². The topological polar surface area (TPSA) is 57.4 Å². The van der Waals surface area contributed by atoms with Crippen molar-refractivity contribution in [1.29, 1.82) is 0 Å². The minimum atomic E-state index is -0.348. The van der Waals surface area contributed by atoms with Crippen molar-refractivity contribution in [3.05, 3.63) is 30.5 Å². The van der Waals surface area contributed by atoms with E-state index in [1.807, 2.05) is 18.2 Å². The lowest BCUT2D eigenvalue weighted by atomic mass is 9.78. The van der Waals surface area contributed by atoms with Crippen molar-refractivity contribution >= 4 is 29.2 Å². The molecule has 0 aliphatic carbocycles. The van der Waals surface area contributed by atoms with E-state index in [2.05, 4.69) is 38.7 Å². The lowest BCUT2D eigenvalue weighted by Gasteiger charge is -2.32. The number of hydrogen-bond donors (Lipinski definition) is 1. The number of rotatable bonds is 1. The molecule has 3 rings (SSSR count). The summed E-state index contributed by atoms with van der Waals surface area (Å²) in [4.78, 5) is 4.10. The van der Waals surface area contributed by atoms with Gasteiger partial charge in [-0.05, 0) is 44.6 Å². The molecule has 0 atom stereocenters. The van der Waals surface area contributed by atoms with Gasteiger partial charge in [-0.1, -0.05) is 18.2 Å². The molecule has 2 heterocycles. The van der Waals surface area contributed by atoms with Crippen LogP contribution >= 0.6 is 0 Å². The largest absolute Gasteiger partial charge is 0.494 e. The fourth-order valence-electron chi connectivity index (χ4n) is 2.30. The molecule has 1 aromatic heterocycles. The Balaban J connectivity index is 2.00. The highest BCUT2D eigenvalue weighted by atomic mass is 16.7. The minimum absolute atomic E-state index is 0.329. The molecular weight excluding hydrogens is 251 g/mol. The number of pyridine rings is 1. The number of aromatic nitrogens is 1. The first-order chi connectivity index (χ1) is 9.28. The molecular formula is C15H19BN2O2. The first-order valence-corrected chi connectivity index (χ1v) is 6.79. The predicted molar refractivity (Wildman–Crippen MR) is 81.9 cm³/mol. The Bertz CT molecular complexity index is 654. The molecule has 0 saturated carbocycles. The zero-order valence-electron chi connectivity index (χ0n) is 12.3. The Labute approximate surface area is 119 Å². The number of benzene rings is 1. The molecule has 0 amide bonds. The summed E-state index contributed by atoms with van der Waals surface area (Å²) in [7, 11) is -0.348. The van der Waals surface area contributed by atoms with Crippen LogP contribution in [0.4, 0.5) is 5.82 Å². The van der Waals surface area contributed by atoms with E-state index in [1.54, 1.807) is 6.20 Å². The summed E-state index contributed by atoms with van der Waals surface area (Å²) in [6.07, 6.45) is 1.78. The molecule has 1 aliphatic heterocycles. The van der Waals surface area contributed by atoms with E-state index in [4.69, 9.17) is 15.0 Å². The number of hydrogen-bond acceptors (Lipinski definition) is 4. The second-order valence-electron chi connectivity index (χ2n) is 6.30. The van der Waals surface area contributed by atoms with Crippen LogP contribution in [0.2, 0.25) is 0 Å². The van der Waals surface area contributed by atoms with E-state index >= 15 is 0 Å². The summed E-state index contributed by atoms with van der Waals surface area (Å²) in [6.45, 7) is 8.21. The highest BCUT2D eigenvalue weighted by Crippen LogP contribution is 2.36. The van der Waals surface area contributed by atoms with Crippen LogP contribution in [0.5, 0.6) is 0 Å². The molecule has 4 nitrogen and oxygen atoms in total. The number of nitrogens with two attached hydrogens (primary N) is 1. The van der Waals surface area contributed by atoms with E-state index in [0.717, 1.165) is 16.2 Å². The number of nitrogens with zero attached hydrogens (tertiary/aromatic N) is 1. The first kappa shape index (κ1) is 13.4. The van der Waals surface area contributed by atoms with E-state index in [9.17, 15) is 0 Å². The van der Waals surface area contributed by atoms with Crippen molar-refractivity contribution in [3.8, 4) is 0 Å². The average Bonchev–Trinajstić information content (AvgIpc) is 2.57. The summed E-state index contributed by atoms with van der Waals surface area (Å²) in [5, 5.41) is 2.10. The molecule has 1 aromatic carbocycles. The fourth-order valence-corrected chi connectivity index (χ4v) is 2.30. The summed E-state index contributed by atoms with van der Waals surface area (Å²) in [6, 6.07) is 7.95. The normalized spacial score (nSPS) is 20.5. The maximum absolute atomic E-state index is 6.06. The molecule has 0 radical (unpaired) electrons. The van der Waals surface area contributed by atoms with E-state index < -0.39 is 0 Å². The van der Waals surface area contributed by atoms with Gasteiger partial charge in [0.2, 0.25) is 0 Å². The van der Waals surface area contributed by atoms with Crippen LogP contribution in [0.15, 0.2) is 30.5 Å². The van der Waals surface area contributed by atoms with Gasteiger partial charge in [-0.15, -0.1) is 0 Å². The summed E-state index contributed by atoms with van der Waals surface area (Å²) in [5.41, 5.74) is 6.08. The highest BCUT2D eigenvalue weighted by Gasteiger charge is 2.51. The van der Waals surface area contributed by atoms with Crippen molar-refractivity contribution in [3.63, 3.8) is 0 Å². The fraction of sp³-hybridized carbons (Fsp3) is 0.400. The molecule has 0 spiro atoms. The third-order valence-corrected chi connectivity index (χ3v) is 4.29. The summed E-state index contributed by atoms with van der Waals surface area (Å²) in [5.74, 6) is 0.517. The van der Waals surface area contributed by atoms with Gasteiger partial charge in [0.1, 0.15) is 5.82 Å². The number of anilines is 1. The molecule has 20 heavy (non-hydrogen) atoms. The maximum Gasteiger partial charge on any atom is 0.494 e. The Morgan fingerprint density at radius 2 is 1.65 bits per heavy atom. The quantitative estimate of drug-likeness (QED) is 0.806. The van der Waals surface area contributed by atoms with Crippen LogP contribution in [0.25, 0.3) is 10.8 Å². The molecule has 0 unspecified atom stereocenters. The van der Waals surface area contributed by atoms with Crippen LogP contribution in [-0.2, 0) is 9.31 Å². The summed E-state index contributed by atoms with van der Waals surface area (Å²) < 4.78 is 12.1. The van der Waals surface area contributed by atoms with Gasteiger partial charge < -0.3 is 15.0 Å². The van der Waals surface area contributed by atoms with Gasteiger partial charge in [-0.25, -0.2) is 4.98 Å². The second-order valence-corrected chi connectivity index (χ2v) is 6.30. The number of fused-ring (bicyclic) bond motifs is 1. The third-order valence-electron chi connectivity index (χ3n) is 4.29. The minimum Gasteiger partial charge on any atom is -0.399 e. The Morgan fingerprint density at radius 1 is 1.00 bits per heavy atom. The van der Waals surface area contributed by atoms with E-state index in [1.165, 1.54) is 0 Å². The number of nitrogen functional groups attached to an aromatic ring is 1. The lowest BCUT2D eigenvalue weighted by Crippen LogP contribution is -2.41. The highest BCUT2D eigenvalue weighted by molar-refractivity contribution is 6.62. The van der Waals surface area contributed by atoms with Gasteiger partial charge in [0.05, 0.1) is 11.2 Å². The SMILES string of the molecule is CC1(C)OB(c2ccc3cnc(N)cc3c2)OC1(C)C. The first-order valence-electron chi connectivity index (χ1n) is 6.79. The van der Waals surface area contributed by atoms with Crippen molar-refractivity contribution in [2.45, 2.75) is 38.9 Å². The Hall–Kier alpha value is -1.59. The van der Waals surface area contributed by atoms with E-state index in [0.29, 0.717) is 5.82 Å². The Kier molecular flexibility index (Phi) is 2.82. The molecule has 5 heteroatoms. The zero-order valence-corrected chi connectivity index (χ0v) is 12.3. The smallest absolute Gasteiger partial charge is 0.399 e. The molecule has 104 valence electrons. The van der Waals surface area contributed by atoms with Crippen LogP contribution < -0.4 is 11.2 Å². The standard InChI is InChI=1S/C15H19BN2O2/c1-14(2)15(3,4)20-16(19-14)12-6-5-10-9-18-13(17)8-11(10)7-12/h5-9H,1-4H3,(H2,17,18). The third kappa shape index (κ3) is 2.07. The van der Waals surface area contributed by atoms with Gasteiger partial charge in [0, 0.05) is 11.6 Å². The van der Waals surface area contributed by atoms with Crippen LogP contribution in [-0.4, -0.2) is 23.3 Å². The second kappa shape index (κ2) is 4.20. The molecule has 2 N–H and O–H groups in total. The van der Waals surface area contributed by atoms with Crippen molar-refractivity contribution < 1.29 is 9.31 Å². The lowest BCUT2D eigenvalue weighted by molar-refractivity contribution is 0.00578. The molecule has 0 bridgehead atoms. The average molecular weight is 270 g/mol. The van der Waals surface area contributed by atoms with E-state index in [-0.39, 0.29) is 18.3 Å². The van der Waals surface area contributed by atoms with Crippen LogP contribution in [0.3, 0.4) is 0 Å². The van der Waals surface area contributed by atoms with Gasteiger partial charge >= 0.3 is 7.12 Å². The van der Waals surface area contributed by atoms with Crippen LogP contribution in [0, 0.1) is 0 Å². The van der Waals surface area contributed by atoms with Crippen molar-refractivity contribution in [2.24, 2.45) is 0 Å². The van der Waals surface area contributed by atoms with Gasteiger partial charge in [-0.3, -0.25) is 0 Å². The molecule has 2 aromatic rings. The maximum atomic E-state index is 6.06. The zero-order chi connectivity index (χ0) is 14.5. The van der Waals surface area contributed by atoms with Gasteiger partial charge in [0.15, 0.2) is 0 Å².